The molecule has 0 radical (unpaired) electrons. The van der Waals surface area contributed by atoms with Crippen molar-refractivity contribution >= 4 is 167 Å². The molecule has 0 saturated carbocycles. The third-order valence-electron chi connectivity index (χ3n) is 28.3. The van der Waals surface area contributed by atoms with Crippen molar-refractivity contribution in [2.45, 2.75) is 136 Å². The number of fused-ring (bicyclic) bond motifs is 6. The molecular formula is C134H124N6. The first-order valence-electron chi connectivity index (χ1n) is 49.4. The maximum absolute atomic E-state index is 2.48. The van der Waals surface area contributed by atoms with Gasteiger partial charge in [0.2, 0.25) is 0 Å². The van der Waals surface area contributed by atoms with Crippen LogP contribution in [0, 0.1) is 96.9 Å². The Hall–Kier alpha value is -16.0. The maximum atomic E-state index is 2.48. The Morgan fingerprint density at radius 3 is 0.471 bits per heavy atom. The largest absolute Gasteiger partial charge is 0.309 e. The number of benzene rings is 21. The lowest BCUT2D eigenvalue weighted by Gasteiger charge is -2.33. The standard InChI is InChI=1S/2C46H44N2.C42H36N2/c1-29-17-21-37(25-33(29)5)47(38-22-18-30(2)34(6)26-38)45-41-13-9-11-15-43(41)46(44-16-12-10-14-42(44)45)48(39-23-19-31(3)35(7)27-39)40-24-20-32(4)36(8)28-40;1-31(2)35-21-27-41-43(29-35)45(47(37-13-9-7-10-14-37)39-23-17-33(5)18-24-39)42-28-22-36(32(3)4)30-44(42)46(41)48(38-15-11-8-12-16-38)40-25-19-34(6)20-26-40;1-29-13-21-33(22-14-29)43(34-23-15-30(2)16-24-34)41-37-9-5-7-11-39(37)42(40-12-8-6-10-38(40)41)44(35-25-17-31(3)18-26-35)36-27-19-32(4)20-28-36/h9-28H,1-8H3;7-32H,1-6H3;5-28H,1-4H3. The van der Waals surface area contributed by atoms with Crippen LogP contribution < -0.4 is 29.4 Å². The van der Waals surface area contributed by atoms with Crippen LogP contribution in [0.15, 0.2) is 413 Å². The van der Waals surface area contributed by atoms with E-state index in [1.807, 2.05) is 0 Å². The summed E-state index contributed by atoms with van der Waals surface area (Å²) in [5.41, 5.74) is 41.3. The van der Waals surface area contributed by atoms with Gasteiger partial charge in [-0.15, -0.1) is 0 Å². The number of anilines is 18. The van der Waals surface area contributed by atoms with Crippen LogP contribution in [0.3, 0.4) is 0 Å². The average molecular weight is 1820 g/mol. The van der Waals surface area contributed by atoms with Crippen LogP contribution in [0.2, 0.25) is 0 Å². The maximum Gasteiger partial charge on any atom is 0.0620 e. The van der Waals surface area contributed by atoms with Crippen LogP contribution in [0.25, 0.3) is 64.6 Å². The van der Waals surface area contributed by atoms with Gasteiger partial charge in [-0.25, -0.2) is 0 Å². The molecule has 690 valence electrons. The van der Waals surface area contributed by atoms with Crippen molar-refractivity contribution in [2.24, 2.45) is 0 Å². The van der Waals surface area contributed by atoms with Crippen molar-refractivity contribution < 1.29 is 0 Å². The minimum Gasteiger partial charge on any atom is -0.309 e. The molecule has 6 nitrogen and oxygen atoms in total. The van der Waals surface area contributed by atoms with Gasteiger partial charge in [-0.05, 0) is 322 Å². The van der Waals surface area contributed by atoms with Crippen LogP contribution in [0.1, 0.15) is 129 Å². The van der Waals surface area contributed by atoms with Gasteiger partial charge in [-0.3, -0.25) is 0 Å². The van der Waals surface area contributed by atoms with Crippen LogP contribution in [-0.2, 0) is 0 Å². The molecule has 0 atom stereocenters. The van der Waals surface area contributed by atoms with Crippen molar-refractivity contribution in [3.63, 3.8) is 0 Å². The molecule has 21 rings (SSSR count). The van der Waals surface area contributed by atoms with Gasteiger partial charge in [0, 0.05) is 133 Å². The topological polar surface area (TPSA) is 19.4 Å². The van der Waals surface area contributed by atoms with Crippen molar-refractivity contribution in [1.29, 1.82) is 0 Å². The number of hydrogen-bond acceptors (Lipinski definition) is 6. The van der Waals surface area contributed by atoms with Gasteiger partial charge in [0.05, 0.1) is 34.1 Å². The fraction of sp³-hybridized carbons (Fsp3) is 0.149. The molecule has 0 N–H and O–H groups in total. The molecule has 0 amide bonds. The molecule has 0 bridgehead atoms. The first-order chi connectivity index (χ1) is 67.9. The first kappa shape index (κ1) is 93.0. The highest BCUT2D eigenvalue weighted by Crippen LogP contribution is 2.57. The lowest BCUT2D eigenvalue weighted by molar-refractivity contribution is 0.868. The van der Waals surface area contributed by atoms with Crippen LogP contribution in [0.4, 0.5) is 102 Å². The second-order valence-electron chi connectivity index (χ2n) is 39.0. The molecule has 0 aliphatic heterocycles. The first-order valence-corrected chi connectivity index (χ1v) is 49.4. The number of hydrogen-bond donors (Lipinski definition) is 0. The molecule has 0 spiro atoms. The highest BCUT2D eigenvalue weighted by atomic mass is 15.2. The quantitative estimate of drug-likeness (QED) is 0.0556. The predicted molar refractivity (Wildman–Crippen MR) is 607 cm³/mol. The normalized spacial score (nSPS) is 11.3. The Morgan fingerprint density at radius 2 is 0.286 bits per heavy atom. The molecule has 21 aromatic rings. The van der Waals surface area contributed by atoms with Crippen LogP contribution >= 0.6 is 0 Å². The number of rotatable bonds is 20. The van der Waals surface area contributed by atoms with Gasteiger partial charge in [-0.1, -0.05) is 316 Å². The lowest BCUT2D eigenvalue weighted by atomic mass is 9.90. The van der Waals surface area contributed by atoms with E-state index in [1.165, 1.54) is 188 Å². The molecule has 0 aromatic heterocycles. The SMILES string of the molecule is Cc1ccc(N(c2ccc(C)c(C)c2)c2c3ccccc3c(N(c3ccc(C)c(C)c3)c3ccc(C)c(C)c3)c3ccccc23)cc1C.Cc1ccc(N(c2ccc(C)cc2)c2c3ccccc3c(N(c3ccc(C)cc3)c3ccc(C)cc3)c3ccccc23)cc1.Cc1ccc(N(c2ccccc2)c2c3ccc(C(C)C)cc3c(N(c3ccccc3)c3ccc(C)cc3)c3ccc(C(C)C)cc23)cc1. The van der Waals surface area contributed by atoms with Crippen LogP contribution in [0.5, 0.6) is 0 Å². The number of aryl methyl sites for hydroxylation is 14. The number of nitrogens with zero attached hydrogens (tertiary/aromatic N) is 6. The highest BCUT2D eigenvalue weighted by Gasteiger charge is 2.32. The fourth-order valence-electron chi connectivity index (χ4n) is 19.8. The van der Waals surface area contributed by atoms with Gasteiger partial charge >= 0.3 is 0 Å². The Kier molecular flexibility index (Phi) is 26.6. The summed E-state index contributed by atoms with van der Waals surface area (Å²) in [6.07, 6.45) is 0. The number of para-hydroxylation sites is 2. The summed E-state index contributed by atoms with van der Waals surface area (Å²) in [4.78, 5) is 14.7. The van der Waals surface area contributed by atoms with E-state index < -0.39 is 0 Å². The molecule has 140 heavy (non-hydrogen) atoms. The van der Waals surface area contributed by atoms with Gasteiger partial charge in [0.25, 0.3) is 0 Å². The molecule has 21 aromatic carbocycles. The second-order valence-corrected chi connectivity index (χ2v) is 39.0. The van der Waals surface area contributed by atoms with E-state index in [4.69, 9.17) is 0 Å². The molecule has 0 aliphatic rings. The molecule has 0 heterocycles. The second kappa shape index (κ2) is 40.0. The third-order valence-corrected chi connectivity index (χ3v) is 28.3. The monoisotopic (exact) mass is 1820 g/mol. The zero-order chi connectivity index (χ0) is 97.3. The van der Waals surface area contributed by atoms with E-state index in [1.54, 1.807) is 0 Å². The van der Waals surface area contributed by atoms with Crippen molar-refractivity contribution in [2.75, 3.05) is 29.4 Å². The summed E-state index contributed by atoms with van der Waals surface area (Å²) >= 11 is 0. The molecule has 0 aliphatic carbocycles. The molecular weight excluding hydrogens is 1690 g/mol. The molecule has 6 heteroatoms. The minimum absolute atomic E-state index is 0.386. The van der Waals surface area contributed by atoms with E-state index >= 15 is 0 Å². The third kappa shape index (κ3) is 18.6. The van der Waals surface area contributed by atoms with E-state index in [9.17, 15) is 0 Å². The minimum atomic E-state index is 0.386. The van der Waals surface area contributed by atoms with Crippen molar-refractivity contribution in [3.05, 3.63) is 502 Å². The summed E-state index contributed by atoms with van der Waals surface area (Å²) in [6, 6.07) is 152. The predicted octanol–water partition coefficient (Wildman–Crippen LogP) is 39.4. The zero-order valence-corrected chi connectivity index (χ0v) is 84.1. The Labute approximate surface area is 828 Å². The highest BCUT2D eigenvalue weighted by molar-refractivity contribution is 6.27. The summed E-state index contributed by atoms with van der Waals surface area (Å²) in [5, 5.41) is 14.6. The Bertz CT molecular complexity index is 7340. The summed E-state index contributed by atoms with van der Waals surface area (Å²) < 4.78 is 0. The van der Waals surface area contributed by atoms with Gasteiger partial charge in [0.15, 0.2) is 0 Å². The summed E-state index contributed by atoms with van der Waals surface area (Å²) in [7, 11) is 0. The van der Waals surface area contributed by atoms with E-state index in [0.717, 1.165) is 68.2 Å². The summed E-state index contributed by atoms with van der Waals surface area (Å²) in [6.45, 7) is 39.6. The smallest absolute Gasteiger partial charge is 0.0620 e. The molecule has 0 saturated heterocycles. The molecule has 0 unspecified atom stereocenters. The fourth-order valence-corrected chi connectivity index (χ4v) is 19.8. The van der Waals surface area contributed by atoms with Gasteiger partial charge in [-0.2, -0.15) is 0 Å². The van der Waals surface area contributed by atoms with E-state index in [0.29, 0.717) is 11.8 Å². The van der Waals surface area contributed by atoms with Gasteiger partial charge in [0.1, 0.15) is 0 Å². The zero-order valence-electron chi connectivity index (χ0n) is 84.1. The van der Waals surface area contributed by atoms with Gasteiger partial charge < -0.3 is 29.4 Å². The Morgan fingerprint density at radius 1 is 0.129 bits per heavy atom. The summed E-state index contributed by atoms with van der Waals surface area (Å²) in [5.74, 6) is 0.771. The van der Waals surface area contributed by atoms with E-state index in [2.05, 4.69) is 567 Å². The van der Waals surface area contributed by atoms with Crippen molar-refractivity contribution in [3.8, 4) is 0 Å². The lowest BCUT2D eigenvalue weighted by Crippen LogP contribution is -2.15. The van der Waals surface area contributed by atoms with Crippen LogP contribution in [-0.4, -0.2) is 0 Å². The average Bonchev–Trinajstić information content (AvgIpc) is 0.711. The molecule has 0 fully saturated rings. The Balaban J connectivity index is 0.000000134. The van der Waals surface area contributed by atoms with Crippen molar-refractivity contribution in [1.82, 2.24) is 0 Å². The van der Waals surface area contributed by atoms with E-state index in [-0.39, 0.29) is 0 Å².